The highest BCUT2D eigenvalue weighted by atomic mass is 32.2. The summed E-state index contributed by atoms with van der Waals surface area (Å²) < 4.78 is 38.8. The molecule has 0 aliphatic carbocycles. The lowest BCUT2D eigenvalue weighted by Gasteiger charge is -2.39. The molecule has 3 rings (SSSR count). The highest BCUT2D eigenvalue weighted by Gasteiger charge is 2.44. The molecule has 0 aromatic heterocycles. The van der Waals surface area contributed by atoms with Gasteiger partial charge in [-0.05, 0) is 57.6 Å². The van der Waals surface area contributed by atoms with Crippen LogP contribution in [0.3, 0.4) is 0 Å². The lowest BCUT2D eigenvalue weighted by Crippen LogP contribution is -2.41. The molecule has 196 valence electrons. The van der Waals surface area contributed by atoms with Crippen LogP contribution in [0.2, 0.25) is 0 Å². The van der Waals surface area contributed by atoms with Crippen molar-refractivity contribution in [2.45, 2.75) is 63.4 Å². The van der Waals surface area contributed by atoms with E-state index in [-0.39, 0.29) is 16.6 Å². The monoisotopic (exact) mass is 531 g/mol. The Bertz CT molecular complexity index is 1220. The van der Waals surface area contributed by atoms with E-state index < -0.39 is 26.8 Å². The molecule has 1 atom stereocenters. The van der Waals surface area contributed by atoms with Gasteiger partial charge in [-0.3, -0.25) is 0 Å². The molecule has 1 aliphatic rings. The van der Waals surface area contributed by atoms with Gasteiger partial charge in [-0.25, -0.2) is 13.2 Å². The van der Waals surface area contributed by atoms with Crippen LogP contribution in [-0.2, 0) is 19.4 Å². The summed E-state index contributed by atoms with van der Waals surface area (Å²) in [5.74, 6) is 0.0584. The van der Waals surface area contributed by atoms with E-state index >= 15 is 0 Å². The van der Waals surface area contributed by atoms with Crippen molar-refractivity contribution in [1.29, 1.82) is 0 Å². The van der Waals surface area contributed by atoms with Gasteiger partial charge >= 0.3 is 5.97 Å². The van der Waals surface area contributed by atoms with Gasteiger partial charge in [0.15, 0.2) is 9.84 Å². The maximum atomic E-state index is 13.9. The second-order valence-electron chi connectivity index (χ2n) is 10.5. The van der Waals surface area contributed by atoms with Gasteiger partial charge in [-0.2, -0.15) is 0 Å². The van der Waals surface area contributed by atoms with Crippen LogP contribution in [-0.4, -0.2) is 38.5 Å². The quantitative estimate of drug-likeness (QED) is 0.172. The Hall–Kier alpha value is -2.45. The first-order valence-electron chi connectivity index (χ1n) is 12.2. The molecule has 0 spiro atoms. The summed E-state index contributed by atoms with van der Waals surface area (Å²) in [6.45, 7) is 12.2. The number of hydrogen-bond donors (Lipinski definition) is 0. The molecule has 1 aliphatic heterocycles. The molecular weight excluding hydrogens is 494 g/mol. The molecule has 0 amide bonds. The van der Waals surface area contributed by atoms with Gasteiger partial charge in [0.1, 0.15) is 11.4 Å². The minimum Gasteiger partial charge on any atom is -0.464 e. The van der Waals surface area contributed by atoms with Gasteiger partial charge < -0.3 is 14.4 Å². The average molecular weight is 532 g/mol. The molecule has 0 saturated heterocycles. The summed E-state index contributed by atoms with van der Waals surface area (Å²) in [6, 6.07) is 13.4. The Morgan fingerprint density at radius 1 is 1.19 bits per heavy atom. The summed E-state index contributed by atoms with van der Waals surface area (Å²) in [5, 5.41) is 0. The minimum atomic E-state index is -3.64. The molecule has 6 nitrogen and oxygen atoms in total. The van der Waals surface area contributed by atoms with Crippen LogP contribution in [0.1, 0.15) is 48.0 Å². The predicted octanol–water partition coefficient (Wildman–Crippen LogP) is 6.62. The predicted molar refractivity (Wildman–Crippen MR) is 147 cm³/mol. The van der Waals surface area contributed by atoms with E-state index in [0.717, 1.165) is 17.0 Å². The number of esters is 1. The second-order valence-corrected chi connectivity index (χ2v) is 13.3. The van der Waals surface area contributed by atoms with E-state index in [1.807, 2.05) is 42.7 Å². The summed E-state index contributed by atoms with van der Waals surface area (Å²) >= 11 is 1.46. The normalized spacial score (nSPS) is 19.7. The average Bonchev–Trinajstić information content (AvgIpc) is 2.90. The lowest BCUT2D eigenvalue weighted by atomic mass is 9.76. The molecule has 36 heavy (non-hydrogen) atoms. The fourth-order valence-electron chi connectivity index (χ4n) is 4.45. The van der Waals surface area contributed by atoms with Gasteiger partial charge in [-0.15, -0.1) is 11.8 Å². The maximum Gasteiger partial charge on any atom is 0.334 e. The van der Waals surface area contributed by atoms with Crippen molar-refractivity contribution in [2.24, 2.45) is 11.3 Å². The number of rotatable bonds is 7. The summed E-state index contributed by atoms with van der Waals surface area (Å²) in [6.07, 6.45) is 5.10. The number of fused-ring (bicyclic) bond motifs is 1. The number of thioether (sulfide) groups is 1. The molecule has 2 aromatic rings. The number of ether oxygens (including phenoxy) is 2. The fourth-order valence-corrected chi connectivity index (χ4v) is 7.31. The Morgan fingerprint density at radius 3 is 2.42 bits per heavy atom. The van der Waals surface area contributed by atoms with Crippen molar-refractivity contribution in [3.8, 4) is 5.75 Å². The first-order chi connectivity index (χ1) is 16.8. The van der Waals surface area contributed by atoms with Crippen LogP contribution < -0.4 is 9.64 Å². The standard InChI is InChI=1S/C28H37NO5S2/c1-8-28(20(2)3)18-29(21-12-10-9-11-13-21)22-16-24(35-7)23(17-25(22)36(31,32)19-28)33-15-14-26(30)34-27(4,5)6/h9-17,20H,8,18-19H2,1-7H3/b15-14+. The fraction of sp³-hybridized carbons (Fsp3) is 0.464. The molecule has 0 saturated carbocycles. The van der Waals surface area contributed by atoms with Crippen LogP contribution in [0.15, 0.2) is 64.6 Å². The van der Waals surface area contributed by atoms with E-state index in [4.69, 9.17) is 9.47 Å². The maximum absolute atomic E-state index is 13.9. The number of benzene rings is 2. The Kier molecular flexibility index (Phi) is 8.51. The topological polar surface area (TPSA) is 72.9 Å². The zero-order valence-corrected chi connectivity index (χ0v) is 23.8. The van der Waals surface area contributed by atoms with E-state index in [1.54, 1.807) is 26.8 Å². The van der Waals surface area contributed by atoms with E-state index in [1.165, 1.54) is 24.1 Å². The minimum absolute atomic E-state index is 0.0519. The first kappa shape index (κ1) is 28.1. The number of carbonyl (C=O) groups excluding carboxylic acids is 1. The van der Waals surface area contributed by atoms with Crippen LogP contribution in [0.25, 0.3) is 0 Å². The summed E-state index contributed by atoms with van der Waals surface area (Å²) in [7, 11) is -3.64. The summed E-state index contributed by atoms with van der Waals surface area (Å²) in [5.41, 5.74) is 0.544. The zero-order valence-electron chi connectivity index (χ0n) is 22.2. The number of anilines is 2. The molecule has 0 radical (unpaired) electrons. The van der Waals surface area contributed by atoms with Crippen molar-refractivity contribution in [3.05, 3.63) is 54.8 Å². The lowest BCUT2D eigenvalue weighted by molar-refractivity contribution is -0.148. The van der Waals surface area contributed by atoms with Crippen LogP contribution >= 0.6 is 11.8 Å². The van der Waals surface area contributed by atoms with Crippen molar-refractivity contribution in [1.82, 2.24) is 0 Å². The molecular formula is C28H37NO5S2. The Labute approximate surface area is 220 Å². The third-order valence-electron chi connectivity index (χ3n) is 6.62. The van der Waals surface area contributed by atoms with E-state index in [2.05, 4.69) is 25.7 Å². The molecule has 1 unspecified atom stereocenters. The largest absolute Gasteiger partial charge is 0.464 e. The summed E-state index contributed by atoms with van der Waals surface area (Å²) in [4.78, 5) is 15.2. The van der Waals surface area contributed by atoms with Gasteiger partial charge in [0.05, 0.1) is 33.6 Å². The molecule has 0 N–H and O–H groups in total. The molecule has 0 fully saturated rings. The van der Waals surface area contributed by atoms with Crippen LogP contribution in [0.5, 0.6) is 5.75 Å². The number of hydrogen-bond acceptors (Lipinski definition) is 7. The number of para-hydroxylation sites is 1. The number of nitrogens with zero attached hydrogens (tertiary/aromatic N) is 1. The van der Waals surface area contributed by atoms with Crippen molar-refractivity contribution in [2.75, 3.05) is 23.5 Å². The number of sulfone groups is 1. The molecule has 2 aromatic carbocycles. The van der Waals surface area contributed by atoms with Crippen LogP contribution in [0.4, 0.5) is 11.4 Å². The van der Waals surface area contributed by atoms with Crippen LogP contribution in [0, 0.1) is 11.3 Å². The number of carbonyl (C=O) groups is 1. The van der Waals surface area contributed by atoms with Gasteiger partial charge in [0, 0.05) is 23.7 Å². The molecule has 8 heteroatoms. The molecule has 1 heterocycles. The highest BCUT2D eigenvalue weighted by Crippen LogP contribution is 2.47. The van der Waals surface area contributed by atoms with Crippen molar-refractivity contribution < 1.29 is 22.7 Å². The Balaban J connectivity index is 2.13. The van der Waals surface area contributed by atoms with Gasteiger partial charge in [0.2, 0.25) is 0 Å². The van der Waals surface area contributed by atoms with Gasteiger partial charge in [0.25, 0.3) is 0 Å². The first-order valence-corrected chi connectivity index (χ1v) is 15.0. The highest BCUT2D eigenvalue weighted by molar-refractivity contribution is 7.98. The van der Waals surface area contributed by atoms with Crippen molar-refractivity contribution in [3.63, 3.8) is 0 Å². The smallest absolute Gasteiger partial charge is 0.334 e. The molecule has 0 bridgehead atoms. The third kappa shape index (κ3) is 6.27. The van der Waals surface area contributed by atoms with Crippen molar-refractivity contribution >= 4 is 38.9 Å². The zero-order chi connectivity index (χ0) is 26.7. The third-order valence-corrected chi connectivity index (χ3v) is 9.34. The van der Waals surface area contributed by atoms with E-state index in [9.17, 15) is 13.2 Å². The van der Waals surface area contributed by atoms with Gasteiger partial charge in [-0.1, -0.05) is 39.0 Å². The second kappa shape index (κ2) is 10.9. The Morgan fingerprint density at radius 2 is 1.86 bits per heavy atom. The van der Waals surface area contributed by atoms with E-state index in [0.29, 0.717) is 18.0 Å². The SMILES string of the molecule is CCC1(C(C)C)CN(c2ccccc2)c2cc(SC)c(O/C=C/C(=O)OC(C)(C)C)cc2S(=O)(=O)C1.